The molecule has 0 spiro atoms. The van der Waals surface area contributed by atoms with Crippen molar-refractivity contribution in [3.05, 3.63) is 38.0 Å². The highest BCUT2D eigenvalue weighted by molar-refractivity contribution is 5.09. The van der Waals surface area contributed by atoms with Crippen molar-refractivity contribution in [2.24, 2.45) is 0 Å². The van der Waals surface area contributed by atoms with Crippen molar-refractivity contribution in [3.63, 3.8) is 0 Å². The van der Waals surface area contributed by atoms with Crippen LogP contribution in [0.5, 0.6) is 0 Å². The van der Waals surface area contributed by atoms with Gasteiger partial charge in [-0.25, -0.2) is 0 Å². The second-order valence-electron chi connectivity index (χ2n) is 1.61. The summed E-state index contributed by atoms with van der Waals surface area (Å²) in [5.74, 6) is 0. The molecule has 0 aliphatic heterocycles. The van der Waals surface area contributed by atoms with E-state index < -0.39 is 0 Å². The molecule has 0 nitrogen and oxygen atoms in total. The first-order valence-electron chi connectivity index (χ1n) is 3.11. The van der Waals surface area contributed by atoms with E-state index in [-0.39, 0.29) is 0 Å². The summed E-state index contributed by atoms with van der Waals surface area (Å²) >= 11 is 0. The molecule has 0 N–H and O–H groups in total. The third kappa shape index (κ3) is 11.0. The second-order valence-corrected chi connectivity index (χ2v) is 1.61. The lowest BCUT2D eigenvalue weighted by molar-refractivity contribution is 0.930. The summed E-state index contributed by atoms with van der Waals surface area (Å²) in [6, 6.07) is 0. The lowest BCUT2D eigenvalue weighted by Crippen LogP contribution is -1.69. The molecule has 0 aromatic carbocycles. The normalized spacial score (nSPS) is 6.78. The molecule has 0 saturated heterocycles. The fraction of sp³-hybridized carbons (Fsp3) is 0.333. The zero-order valence-electron chi connectivity index (χ0n) is 6.32. The van der Waals surface area contributed by atoms with Crippen molar-refractivity contribution in [2.45, 2.75) is 19.8 Å². The summed E-state index contributed by atoms with van der Waals surface area (Å²) in [5, 5.41) is 0. The van der Waals surface area contributed by atoms with Gasteiger partial charge in [0.2, 0.25) is 0 Å². The minimum Gasteiger partial charge on any atom is -0.106 e. The van der Waals surface area contributed by atoms with Gasteiger partial charge in [-0.05, 0) is 6.42 Å². The third-order valence-electron chi connectivity index (χ3n) is 0.860. The molecule has 52 valence electrons. The van der Waals surface area contributed by atoms with Gasteiger partial charge in [-0.3, -0.25) is 0 Å². The smallest absolute Gasteiger partial charge is 0.0288 e. The average Bonchev–Trinajstić information content (AvgIpc) is 1.93. The molecule has 0 saturated carbocycles. The topological polar surface area (TPSA) is 0 Å². The van der Waals surface area contributed by atoms with Crippen LogP contribution in [0.1, 0.15) is 19.8 Å². The van der Waals surface area contributed by atoms with Crippen molar-refractivity contribution >= 4 is 0 Å². The summed E-state index contributed by atoms with van der Waals surface area (Å²) in [6.45, 7) is 15.5. The van der Waals surface area contributed by atoms with Gasteiger partial charge in [-0.15, -0.1) is 13.2 Å². The van der Waals surface area contributed by atoms with E-state index in [1.54, 1.807) is 0 Å². The van der Waals surface area contributed by atoms with Gasteiger partial charge in [0.25, 0.3) is 0 Å². The average molecular weight is 124 g/mol. The first-order valence-corrected chi connectivity index (χ1v) is 3.11. The fourth-order valence-electron chi connectivity index (χ4n) is 0.423. The molecule has 0 amide bonds. The van der Waals surface area contributed by atoms with Gasteiger partial charge in [0.05, 0.1) is 0 Å². The summed E-state index contributed by atoms with van der Waals surface area (Å²) < 4.78 is 0. The molecule has 0 atom stereocenters. The Balaban J connectivity index is 0. The number of hydrogen-bond donors (Lipinski definition) is 0. The molecule has 0 bridgehead atoms. The van der Waals surface area contributed by atoms with Crippen molar-refractivity contribution in [2.75, 3.05) is 0 Å². The molecule has 0 heterocycles. The molecule has 0 aromatic heterocycles. The maximum Gasteiger partial charge on any atom is -0.0288 e. The Bertz CT molecular complexity index is 80.0. The van der Waals surface area contributed by atoms with Crippen LogP contribution in [0.2, 0.25) is 0 Å². The van der Waals surface area contributed by atoms with Gasteiger partial charge in [0.15, 0.2) is 0 Å². The summed E-state index contributed by atoms with van der Waals surface area (Å²) in [6.07, 6.45) is 4.07. The third-order valence-corrected chi connectivity index (χ3v) is 0.860. The maximum atomic E-state index is 3.74. The monoisotopic (exact) mass is 124 g/mol. The van der Waals surface area contributed by atoms with E-state index in [1.807, 2.05) is 6.08 Å². The van der Waals surface area contributed by atoms with Crippen LogP contribution in [-0.4, -0.2) is 0 Å². The highest BCUT2D eigenvalue weighted by Crippen LogP contribution is 1.99. The van der Waals surface area contributed by atoms with Gasteiger partial charge in [-0.1, -0.05) is 38.2 Å². The van der Waals surface area contributed by atoms with Gasteiger partial charge < -0.3 is 0 Å². The Morgan fingerprint density at radius 3 is 2.00 bits per heavy atom. The molecule has 9 heavy (non-hydrogen) atoms. The molecule has 0 fully saturated rings. The Morgan fingerprint density at radius 1 is 1.44 bits per heavy atom. The molecular weight excluding hydrogens is 108 g/mol. The standard InChI is InChI=1S/C7H12.C2H4/c1-4-6-7(3)5-2;1-2/h5H,2-4,6H2,1H3;1-2H2. The van der Waals surface area contributed by atoms with Gasteiger partial charge in [0.1, 0.15) is 0 Å². The van der Waals surface area contributed by atoms with Crippen LogP contribution in [0, 0.1) is 0 Å². The van der Waals surface area contributed by atoms with Crippen molar-refractivity contribution in [1.29, 1.82) is 0 Å². The lowest BCUT2D eigenvalue weighted by atomic mass is 10.2. The summed E-state index contributed by atoms with van der Waals surface area (Å²) in [7, 11) is 0. The Kier molecular flexibility index (Phi) is 12.6. The van der Waals surface area contributed by atoms with Crippen LogP contribution in [0.4, 0.5) is 0 Å². The van der Waals surface area contributed by atoms with Crippen LogP contribution >= 0.6 is 0 Å². The Hall–Kier alpha value is -0.780. The largest absolute Gasteiger partial charge is 0.106 e. The van der Waals surface area contributed by atoms with Gasteiger partial charge in [0, 0.05) is 0 Å². The summed E-state index contributed by atoms with van der Waals surface area (Å²) in [5.41, 5.74) is 1.14. The molecule has 0 aromatic rings. The highest BCUT2D eigenvalue weighted by Gasteiger charge is 1.79. The van der Waals surface area contributed by atoms with Crippen molar-refractivity contribution in [3.8, 4) is 0 Å². The minimum atomic E-state index is 1.09. The first-order chi connectivity index (χ1) is 4.31. The fourth-order valence-corrected chi connectivity index (χ4v) is 0.423. The second kappa shape index (κ2) is 10.3. The van der Waals surface area contributed by atoms with Crippen LogP contribution in [0.3, 0.4) is 0 Å². The van der Waals surface area contributed by atoms with Crippen LogP contribution < -0.4 is 0 Å². The van der Waals surface area contributed by atoms with Crippen LogP contribution in [0.15, 0.2) is 38.0 Å². The van der Waals surface area contributed by atoms with Crippen LogP contribution in [0.25, 0.3) is 0 Å². The molecule has 0 rings (SSSR count). The maximum absolute atomic E-state index is 3.74. The quantitative estimate of drug-likeness (QED) is 0.400. The molecule has 0 aliphatic rings. The van der Waals surface area contributed by atoms with Crippen molar-refractivity contribution in [1.82, 2.24) is 0 Å². The highest BCUT2D eigenvalue weighted by atomic mass is 13.9. The lowest BCUT2D eigenvalue weighted by Gasteiger charge is -1.89. The van der Waals surface area contributed by atoms with E-state index in [9.17, 15) is 0 Å². The Morgan fingerprint density at radius 2 is 1.89 bits per heavy atom. The van der Waals surface area contributed by atoms with E-state index in [0.29, 0.717) is 0 Å². The Labute approximate surface area is 58.6 Å². The molecule has 0 heteroatoms. The first kappa shape index (κ1) is 11.1. The zero-order chi connectivity index (χ0) is 7.70. The van der Waals surface area contributed by atoms with Gasteiger partial charge >= 0.3 is 0 Å². The van der Waals surface area contributed by atoms with E-state index in [1.165, 1.54) is 6.42 Å². The predicted octanol–water partition coefficient (Wildman–Crippen LogP) is 3.33. The van der Waals surface area contributed by atoms with E-state index in [0.717, 1.165) is 12.0 Å². The van der Waals surface area contributed by atoms with Gasteiger partial charge in [-0.2, -0.15) is 0 Å². The minimum absolute atomic E-state index is 1.09. The van der Waals surface area contributed by atoms with Crippen LogP contribution in [-0.2, 0) is 0 Å². The molecular formula is C9H16. The number of hydrogen-bond acceptors (Lipinski definition) is 0. The molecule has 0 unspecified atom stereocenters. The summed E-state index contributed by atoms with van der Waals surface area (Å²) in [4.78, 5) is 0. The predicted molar refractivity (Wildman–Crippen MR) is 45.5 cm³/mol. The molecule has 0 radical (unpaired) electrons. The van der Waals surface area contributed by atoms with E-state index in [4.69, 9.17) is 0 Å². The number of allylic oxidation sites excluding steroid dienone is 2. The van der Waals surface area contributed by atoms with E-state index >= 15 is 0 Å². The van der Waals surface area contributed by atoms with Crippen molar-refractivity contribution < 1.29 is 0 Å². The van der Waals surface area contributed by atoms with E-state index in [2.05, 4.69) is 33.2 Å². The molecule has 0 aliphatic carbocycles. The zero-order valence-corrected chi connectivity index (χ0v) is 6.32. The SMILES string of the molecule is C=C.C=CC(=C)CCC. The number of rotatable bonds is 3.